The molecule has 0 fully saturated rings. The van der Waals surface area contributed by atoms with Crippen LogP contribution in [0, 0.1) is 0 Å². The summed E-state index contributed by atoms with van der Waals surface area (Å²) in [6.07, 6.45) is 4.02. The summed E-state index contributed by atoms with van der Waals surface area (Å²) in [4.78, 5) is 10.6. The summed E-state index contributed by atoms with van der Waals surface area (Å²) < 4.78 is 0.370. The number of hydrogen-bond acceptors (Lipinski definition) is 2. The zero-order chi connectivity index (χ0) is 10.3. The van der Waals surface area contributed by atoms with Gasteiger partial charge in [-0.3, -0.25) is 4.79 Å². The molecule has 13 heavy (non-hydrogen) atoms. The average molecular weight is 203 g/mol. The molecule has 0 atom stereocenters. The van der Waals surface area contributed by atoms with Gasteiger partial charge in [-0.15, -0.1) is 0 Å². The lowest BCUT2D eigenvalue weighted by atomic mass is 9.99. The van der Waals surface area contributed by atoms with Gasteiger partial charge in [0.15, 0.2) is 0 Å². The Morgan fingerprint density at radius 1 is 1.23 bits per heavy atom. The number of rotatable bonds is 7. The van der Waals surface area contributed by atoms with Crippen LogP contribution in [0.3, 0.4) is 0 Å². The highest BCUT2D eigenvalue weighted by atomic mass is 32.2. The third-order valence-electron chi connectivity index (χ3n) is 2.69. The van der Waals surface area contributed by atoms with E-state index in [2.05, 4.69) is 20.8 Å². The highest BCUT2D eigenvalue weighted by Gasteiger charge is 2.23. The molecule has 2 N–H and O–H groups in total. The van der Waals surface area contributed by atoms with Crippen molar-refractivity contribution in [2.45, 2.75) is 51.2 Å². The second kappa shape index (κ2) is 6.30. The lowest BCUT2D eigenvalue weighted by molar-refractivity contribution is -0.117. The maximum atomic E-state index is 10.6. The molecule has 0 aliphatic heterocycles. The van der Waals surface area contributed by atoms with Crippen LogP contribution in [0.1, 0.15) is 46.5 Å². The first-order chi connectivity index (χ1) is 6.10. The largest absolute Gasteiger partial charge is 0.370 e. The van der Waals surface area contributed by atoms with Crippen molar-refractivity contribution in [2.24, 2.45) is 5.73 Å². The second-order valence-corrected chi connectivity index (χ2v) is 4.87. The summed E-state index contributed by atoms with van der Waals surface area (Å²) >= 11 is 1.90. The van der Waals surface area contributed by atoms with Crippen LogP contribution in [-0.4, -0.2) is 16.4 Å². The topological polar surface area (TPSA) is 43.1 Å². The van der Waals surface area contributed by atoms with Crippen molar-refractivity contribution < 1.29 is 4.79 Å². The van der Waals surface area contributed by atoms with Gasteiger partial charge >= 0.3 is 0 Å². The van der Waals surface area contributed by atoms with Crippen LogP contribution in [0.4, 0.5) is 0 Å². The van der Waals surface area contributed by atoms with E-state index in [0.29, 0.717) is 11.2 Å². The van der Waals surface area contributed by atoms with Crippen LogP contribution in [0.15, 0.2) is 0 Å². The van der Waals surface area contributed by atoms with Gasteiger partial charge in [0, 0.05) is 16.9 Å². The fourth-order valence-electron chi connectivity index (χ4n) is 1.42. The third kappa shape index (κ3) is 4.55. The number of amides is 1. The number of nitrogens with two attached hydrogens (primary N) is 1. The Balaban J connectivity index is 3.88. The molecular weight excluding hydrogens is 182 g/mol. The predicted molar refractivity (Wildman–Crippen MR) is 59.9 cm³/mol. The quantitative estimate of drug-likeness (QED) is 0.691. The zero-order valence-corrected chi connectivity index (χ0v) is 9.75. The molecular formula is C10H21NOS. The molecule has 0 saturated heterocycles. The standard InChI is InChI=1S/C10H21NOS/c1-4-10(5-2,6-3)13-8-7-9(11)12/h4-8H2,1-3H3,(H2,11,12). The smallest absolute Gasteiger partial charge is 0.218 e. The van der Waals surface area contributed by atoms with Crippen molar-refractivity contribution in [2.75, 3.05) is 5.75 Å². The molecule has 0 aliphatic rings. The molecule has 0 spiro atoms. The minimum Gasteiger partial charge on any atom is -0.370 e. The van der Waals surface area contributed by atoms with Crippen molar-refractivity contribution >= 4 is 17.7 Å². The zero-order valence-electron chi connectivity index (χ0n) is 8.93. The molecule has 0 unspecified atom stereocenters. The predicted octanol–water partition coefficient (Wildman–Crippen LogP) is 2.56. The molecule has 1 amide bonds. The van der Waals surface area contributed by atoms with Gasteiger partial charge in [-0.05, 0) is 19.3 Å². The van der Waals surface area contributed by atoms with Crippen molar-refractivity contribution in [1.82, 2.24) is 0 Å². The van der Waals surface area contributed by atoms with E-state index in [1.54, 1.807) is 0 Å². The van der Waals surface area contributed by atoms with Crippen molar-refractivity contribution in [3.05, 3.63) is 0 Å². The van der Waals surface area contributed by atoms with Crippen LogP contribution in [0.5, 0.6) is 0 Å². The number of primary amides is 1. The molecule has 3 heteroatoms. The summed E-state index contributed by atoms with van der Waals surface area (Å²) in [5.41, 5.74) is 5.09. The molecule has 0 saturated carbocycles. The minimum absolute atomic E-state index is 0.190. The van der Waals surface area contributed by atoms with Gasteiger partial charge in [0.2, 0.25) is 5.91 Å². The highest BCUT2D eigenvalue weighted by Crippen LogP contribution is 2.35. The van der Waals surface area contributed by atoms with Crippen LogP contribution in [0.2, 0.25) is 0 Å². The van der Waals surface area contributed by atoms with E-state index in [0.717, 1.165) is 5.75 Å². The maximum Gasteiger partial charge on any atom is 0.218 e. The highest BCUT2D eigenvalue weighted by molar-refractivity contribution is 8.00. The van der Waals surface area contributed by atoms with E-state index in [1.807, 2.05) is 11.8 Å². The summed E-state index contributed by atoms with van der Waals surface area (Å²) in [6.45, 7) is 6.64. The molecule has 0 bridgehead atoms. The molecule has 0 aromatic rings. The first kappa shape index (κ1) is 12.8. The van der Waals surface area contributed by atoms with Gasteiger partial charge < -0.3 is 5.73 Å². The summed E-state index contributed by atoms with van der Waals surface area (Å²) in [5.74, 6) is 0.676. The Labute approximate surface area is 85.6 Å². The third-order valence-corrected chi connectivity index (χ3v) is 4.58. The van der Waals surface area contributed by atoms with E-state index in [1.165, 1.54) is 19.3 Å². The fraction of sp³-hybridized carbons (Fsp3) is 0.900. The van der Waals surface area contributed by atoms with Gasteiger partial charge in [0.25, 0.3) is 0 Å². The molecule has 0 aliphatic carbocycles. The molecule has 2 nitrogen and oxygen atoms in total. The summed E-state index contributed by atoms with van der Waals surface area (Å²) in [6, 6.07) is 0. The molecule has 0 heterocycles. The SMILES string of the molecule is CCC(CC)(CC)SCCC(N)=O. The van der Waals surface area contributed by atoms with Crippen LogP contribution in [0.25, 0.3) is 0 Å². The Kier molecular flexibility index (Phi) is 6.21. The maximum absolute atomic E-state index is 10.6. The van der Waals surface area contributed by atoms with Gasteiger partial charge in [0.05, 0.1) is 0 Å². The van der Waals surface area contributed by atoms with Gasteiger partial charge in [0.1, 0.15) is 0 Å². The lowest BCUT2D eigenvalue weighted by Gasteiger charge is -2.29. The lowest BCUT2D eigenvalue weighted by Crippen LogP contribution is -2.23. The molecule has 0 rings (SSSR count). The van der Waals surface area contributed by atoms with E-state index in [9.17, 15) is 4.79 Å². The Bertz CT molecular complexity index is 147. The van der Waals surface area contributed by atoms with Gasteiger partial charge in [-0.25, -0.2) is 0 Å². The van der Waals surface area contributed by atoms with Gasteiger partial charge in [-0.1, -0.05) is 20.8 Å². The molecule has 78 valence electrons. The van der Waals surface area contributed by atoms with E-state index in [-0.39, 0.29) is 5.91 Å². The van der Waals surface area contributed by atoms with Crippen LogP contribution < -0.4 is 5.73 Å². The molecule has 0 radical (unpaired) electrons. The number of hydrogen-bond donors (Lipinski definition) is 1. The molecule has 0 aromatic heterocycles. The van der Waals surface area contributed by atoms with Crippen molar-refractivity contribution in [3.63, 3.8) is 0 Å². The van der Waals surface area contributed by atoms with Crippen LogP contribution >= 0.6 is 11.8 Å². The van der Waals surface area contributed by atoms with E-state index in [4.69, 9.17) is 5.73 Å². The van der Waals surface area contributed by atoms with Gasteiger partial charge in [-0.2, -0.15) is 11.8 Å². The summed E-state index contributed by atoms with van der Waals surface area (Å²) in [5, 5.41) is 0. The first-order valence-electron chi connectivity index (χ1n) is 5.02. The molecule has 0 aromatic carbocycles. The van der Waals surface area contributed by atoms with Crippen LogP contribution in [-0.2, 0) is 4.79 Å². The summed E-state index contributed by atoms with van der Waals surface area (Å²) in [7, 11) is 0. The fourth-order valence-corrected chi connectivity index (χ4v) is 2.77. The second-order valence-electron chi connectivity index (χ2n) is 3.31. The minimum atomic E-state index is -0.190. The van der Waals surface area contributed by atoms with E-state index < -0.39 is 0 Å². The average Bonchev–Trinajstić information content (AvgIpc) is 2.13. The Morgan fingerprint density at radius 2 is 1.69 bits per heavy atom. The Morgan fingerprint density at radius 3 is 2.00 bits per heavy atom. The van der Waals surface area contributed by atoms with Crippen molar-refractivity contribution in [3.8, 4) is 0 Å². The number of thioether (sulfide) groups is 1. The number of carbonyl (C=O) groups is 1. The normalized spacial score (nSPS) is 11.6. The Hall–Kier alpha value is -0.180. The van der Waals surface area contributed by atoms with E-state index >= 15 is 0 Å². The first-order valence-corrected chi connectivity index (χ1v) is 6.01. The number of carbonyl (C=O) groups excluding carboxylic acids is 1. The van der Waals surface area contributed by atoms with Crippen molar-refractivity contribution in [1.29, 1.82) is 0 Å². The monoisotopic (exact) mass is 203 g/mol.